The average Bonchev–Trinajstić information content (AvgIpc) is 2.48. The molecule has 1 aliphatic heterocycles. The summed E-state index contributed by atoms with van der Waals surface area (Å²) in [7, 11) is 0. The summed E-state index contributed by atoms with van der Waals surface area (Å²) in [6.07, 6.45) is 4.53. The van der Waals surface area contributed by atoms with Crippen LogP contribution in [0.3, 0.4) is 0 Å². The maximum Gasteiger partial charge on any atom is 0.329 e. The minimum Gasteiger partial charge on any atom is -0.480 e. The van der Waals surface area contributed by atoms with E-state index in [-0.39, 0.29) is 17.7 Å². The molecule has 3 N–H and O–H groups in total. The SMILES string of the molecule is CCC1CCC(NC(=O)C2CCC(=O)NC2)(C(=O)O)CC1. The van der Waals surface area contributed by atoms with Gasteiger partial charge >= 0.3 is 5.97 Å². The van der Waals surface area contributed by atoms with Gasteiger partial charge in [0.05, 0.1) is 5.92 Å². The molecule has 1 saturated heterocycles. The lowest BCUT2D eigenvalue weighted by Crippen LogP contribution is -2.58. The lowest BCUT2D eigenvalue weighted by Gasteiger charge is -2.38. The number of carbonyl (C=O) groups excluding carboxylic acids is 2. The molecule has 0 radical (unpaired) electrons. The van der Waals surface area contributed by atoms with Crippen LogP contribution in [-0.2, 0) is 14.4 Å². The second-order valence-electron chi connectivity index (χ2n) is 6.27. The van der Waals surface area contributed by atoms with E-state index >= 15 is 0 Å². The topological polar surface area (TPSA) is 95.5 Å². The highest BCUT2D eigenvalue weighted by Gasteiger charge is 2.44. The van der Waals surface area contributed by atoms with Crippen LogP contribution in [0.25, 0.3) is 0 Å². The van der Waals surface area contributed by atoms with Gasteiger partial charge in [-0.05, 0) is 38.0 Å². The Bertz CT molecular complexity index is 417. The number of hydrogen-bond acceptors (Lipinski definition) is 3. The molecule has 21 heavy (non-hydrogen) atoms. The first kappa shape index (κ1) is 15.8. The summed E-state index contributed by atoms with van der Waals surface area (Å²) in [6, 6.07) is 0. The highest BCUT2D eigenvalue weighted by atomic mass is 16.4. The van der Waals surface area contributed by atoms with Crippen molar-refractivity contribution < 1.29 is 19.5 Å². The second-order valence-corrected chi connectivity index (χ2v) is 6.27. The van der Waals surface area contributed by atoms with Crippen molar-refractivity contribution in [1.82, 2.24) is 10.6 Å². The van der Waals surface area contributed by atoms with Crippen molar-refractivity contribution in [3.05, 3.63) is 0 Å². The molecular formula is C15H24N2O4. The first-order valence-electron chi connectivity index (χ1n) is 7.79. The smallest absolute Gasteiger partial charge is 0.329 e. The van der Waals surface area contributed by atoms with Gasteiger partial charge in [0.2, 0.25) is 11.8 Å². The minimum atomic E-state index is -1.12. The predicted octanol–water partition coefficient (Wildman–Crippen LogP) is 1.05. The number of carbonyl (C=O) groups is 3. The third-order valence-electron chi connectivity index (χ3n) is 4.94. The lowest BCUT2D eigenvalue weighted by atomic mass is 9.75. The number of aliphatic carboxylic acids is 1. The van der Waals surface area contributed by atoms with Crippen LogP contribution in [0.1, 0.15) is 51.9 Å². The zero-order chi connectivity index (χ0) is 15.5. The molecule has 1 saturated carbocycles. The number of hydrogen-bond donors (Lipinski definition) is 3. The van der Waals surface area contributed by atoms with Crippen LogP contribution in [-0.4, -0.2) is 35.0 Å². The van der Waals surface area contributed by atoms with E-state index in [9.17, 15) is 19.5 Å². The molecule has 0 spiro atoms. The molecule has 1 unspecified atom stereocenters. The minimum absolute atomic E-state index is 0.0459. The third kappa shape index (κ3) is 3.54. The van der Waals surface area contributed by atoms with E-state index < -0.39 is 11.5 Å². The van der Waals surface area contributed by atoms with Gasteiger partial charge in [-0.15, -0.1) is 0 Å². The Labute approximate surface area is 124 Å². The van der Waals surface area contributed by atoms with Crippen LogP contribution in [0, 0.1) is 11.8 Å². The molecule has 118 valence electrons. The molecule has 2 amide bonds. The molecule has 2 aliphatic rings. The summed E-state index contributed by atoms with van der Waals surface area (Å²) in [5.41, 5.74) is -1.12. The lowest BCUT2D eigenvalue weighted by molar-refractivity contribution is -0.150. The molecule has 1 atom stereocenters. The Morgan fingerprint density at radius 1 is 1.33 bits per heavy atom. The second kappa shape index (κ2) is 6.45. The summed E-state index contributed by atoms with van der Waals surface area (Å²) < 4.78 is 0. The maximum atomic E-state index is 12.3. The molecule has 1 aliphatic carbocycles. The van der Waals surface area contributed by atoms with E-state index in [0.717, 1.165) is 19.3 Å². The first-order chi connectivity index (χ1) is 9.97. The Morgan fingerprint density at radius 2 is 2.00 bits per heavy atom. The van der Waals surface area contributed by atoms with Crippen molar-refractivity contribution in [2.24, 2.45) is 11.8 Å². The van der Waals surface area contributed by atoms with Crippen molar-refractivity contribution in [3.8, 4) is 0 Å². The highest BCUT2D eigenvalue weighted by Crippen LogP contribution is 2.34. The van der Waals surface area contributed by atoms with E-state index in [1.165, 1.54) is 0 Å². The zero-order valence-corrected chi connectivity index (χ0v) is 12.5. The Morgan fingerprint density at radius 3 is 2.48 bits per heavy atom. The standard InChI is InChI=1S/C15H24N2O4/c1-2-10-5-7-15(8-6-10,14(20)21)17-13(19)11-3-4-12(18)16-9-11/h10-11H,2-9H2,1H3,(H,16,18)(H,17,19)(H,20,21). The van der Waals surface area contributed by atoms with Crippen LogP contribution in [0.4, 0.5) is 0 Å². The monoisotopic (exact) mass is 296 g/mol. The van der Waals surface area contributed by atoms with E-state index in [2.05, 4.69) is 17.6 Å². The first-order valence-corrected chi connectivity index (χ1v) is 7.79. The number of nitrogens with one attached hydrogen (secondary N) is 2. The van der Waals surface area contributed by atoms with Crippen LogP contribution < -0.4 is 10.6 Å². The third-order valence-corrected chi connectivity index (χ3v) is 4.94. The number of piperidine rings is 1. The molecule has 0 aromatic rings. The number of carboxylic acids is 1. The average molecular weight is 296 g/mol. The van der Waals surface area contributed by atoms with Gasteiger partial charge in [-0.3, -0.25) is 9.59 Å². The Balaban J connectivity index is 1.98. The van der Waals surface area contributed by atoms with Crippen molar-refractivity contribution in [3.63, 3.8) is 0 Å². The summed E-state index contributed by atoms with van der Waals surface area (Å²) in [4.78, 5) is 35.1. The molecule has 6 heteroatoms. The molecule has 0 aromatic heterocycles. The number of amides is 2. The molecule has 6 nitrogen and oxygen atoms in total. The van der Waals surface area contributed by atoms with Crippen molar-refractivity contribution in [2.75, 3.05) is 6.54 Å². The predicted molar refractivity (Wildman–Crippen MR) is 76.5 cm³/mol. The van der Waals surface area contributed by atoms with Gasteiger partial charge in [0, 0.05) is 13.0 Å². The van der Waals surface area contributed by atoms with Gasteiger partial charge in [0.25, 0.3) is 0 Å². The van der Waals surface area contributed by atoms with Crippen LogP contribution in [0.2, 0.25) is 0 Å². The van der Waals surface area contributed by atoms with Crippen LogP contribution in [0.15, 0.2) is 0 Å². The Kier molecular flexibility index (Phi) is 4.85. The fourth-order valence-electron chi connectivity index (χ4n) is 3.27. The van der Waals surface area contributed by atoms with Gasteiger partial charge < -0.3 is 15.7 Å². The van der Waals surface area contributed by atoms with Gasteiger partial charge in [-0.25, -0.2) is 4.79 Å². The van der Waals surface area contributed by atoms with Crippen LogP contribution in [0.5, 0.6) is 0 Å². The quantitative estimate of drug-likeness (QED) is 0.722. The van der Waals surface area contributed by atoms with Crippen molar-refractivity contribution >= 4 is 17.8 Å². The number of rotatable bonds is 4. The summed E-state index contributed by atoms with van der Waals surface area (Å²) in [6.45, 7) is 2.42. The number of carboxylic acid groups (broad SMARTS) is 1. The van der Waals surface area contributed by atoms with E-state index in [4.69, 9.17) is 0 Å². The van der Waals surface area contributed by atoms with Crippen LogP contribution >= 0.6 is 0 Å². The molecule has 2 fully saturated rings. The fraction of sp³-hybridized carbons (Fsp3) is 0.800. The largest absolute Gasteiger partial charge is 0.480 e. The summed E-state index contributed by atoms with van der Waals surface area (Å²) >= 11 is 0. The summed E-state index contributed by atoms with van der Waals surface area (Å²) in [5.74, 6) is -0.987. The maximum absolute atomic E-state index is 12.3. The van der Waals surface area contributed by atoms with Crippen molar-refractivity contribution in [1.29, 1.82) is 0 Å². The molecular weight excluding hydrogens is 272 g/mol. The van der Waals surface area contributed by atoms with E-state index in [0.29, 0.717) is 38.1 Å². The molecule has 2 rings (SSSR count). The summed E-state index contributed by atoms with van der Waals surface area (Å²) in [5, 5.41) is 15.0. The van der Waals surface area contributed by atoms with E-state index in [1.54, 1.807) is 0 Å². The fourth-order valence-corrected chi connectivity index (χ4v) is 3.27. The highest BCUT2D eigenvalue weighted by molar-refractivity contribution is 5.89. The van der Waals surface area contributed by atoms with Gasteiger partial charge in [0.1, 0.15) is 5.54 Å². The van der Waals surface area contributed by atoms with Gasteiger partial charge in [0.15, 0.2) is 0 Å². The van der Waals surface area contributed by atoms with E-state index in [1.807, 2.05) is 0 Å². The molecule has 0 aromatic carbocycles. The normalized spacial score (nSPS) is 33.1. The van der Waals surface area contributed by atoms with Gasteiger partial charge in [-0.1, -0.05) is 13.3 Å². The Hall–Kier alpha value is -1.59. The molecule has 0 bridgehead atoms. The molecule has 1 heterocycles. The van der Waals surface area contributed by atoms with Crippen molar-refractivity contribution in [2.45, 2.75) is 57.4 Å². The van der Waals surface area contributed by atoms with Gasteiger partial charge in [-0.2, -0.15) is 0 Å². The zero-order valence-electron chi connectivity index (χ0n) is 12.5.